The third-order valence-corrected chi connectivity index (χ3v) is 5.28. The summed E-state index contributed by atoms with van der Waals surface area (Å²) in [6, 6.07) is 13.9. The molecule has 0 radical (unpaired) electrons. The Kier molecular flexibility index (Phi) is 5.25. The molecule has 25 heavy (non-hydrogen) atoms. The first-order valence-electron chi connectivity index (χ1n) is 7.69. The van der Waals surface area contributed by atoms with Crippen LogP contribution in [0.15, 0.2) is 47.4 Å². The Morgan fingerprint density at radius 2 is 1.88 bits per heavy atom. The van der Waals surface area contributed by atoms with E-state index in [2.05, 4.69) is 35.2 Å². The SMILES string of the molecule is COC(=O)c1cc2cc(CCl)n(Sc3ccc(C)cc3)c2cc1OC. The normalized spacial score (nSPS) is 10.9. The highest BCUT2D eigenvalue weighted by atomic mass is 35.5. The number of halogens is 1. The van der Waals surface area contributed by atoms with Gasteiger partial charge < -0.3 is 9.47 Å². The minimum atomic E-state index is -0.426. The zero-order chi connectivity index (χ0) is 18.0. The van der Waals surface area contributed by atoms with Crippen LogP contribution in [0.25, 0.3) is 10.9 Å². The summed E-state index contributed by atoms with van der Waals surface area (Å²) >= 11 is 7.72. The number of fused-ring (bicyclic) bond motifs is 1. The number of benzene rings is 2. The summed E-state index contributed by atoms with van der Waals surface area (Å²) in [5.74, 6) is 0.415. The average molecular weight is 376 g/mol. The van der Waals surface area contributed by atoms with E-state index < -0.39 is 5.97 Å². The molecule has 1 aromatic heterocycles. The molecule has 0 spiro atoms. The summed E-state index contributed by atoms with van der Waals surface area (Å²) in [4.78, 5) is 13.1. The minimum absolute atomic E-state index is 0.364. The quantitative estimate of drug-likeness (QED) is 0.462. The first-order chi connectivity index (χ1) is 12.1. The molecular formula is C19H18ClNO3S. The number of rotatable bonds is 5. The largest absolute Gasteiger partial charge is 0.496 e. The number of esters is 1. The van der Waals surface area contributed by atoms with E-state index in [-0.39, 0.29) is 0 Å². The van der Waals surface area contributed by atoms with Crippen LogP contribution in [0.1, 0.15) is 21.6 Å². The van der Waals surface area contributed by atoms with Crippen molar-refractivity contribution in [2.75, 3.05) is 14.2 Å². The first-order valence-corrected chi connectivity index (χ1v) is 8.99. The highest BCUT2D eigenvalue weighted by Crippen LogP contribution is 2.34. The maximum atomic E-state index is 12.0. The van der Waals surface area contributed by atoms with Crippen LogP contribution in [0.3, 0.4) is 0 Å². The van der Waals surface area contributed by atoms with Gasteiger partial charge in [0, 0.05) is 22.0 Å². The number of aryl methyl sites for hydroxylation is 1. The Morgan fingerprint density at radius 1 is 1.16 bits per heavy atom. The number of ether oxygens (including phenoxy) is 2. The molecule has 0 N–H and O–H groups in total. The molecule has 0 fully saturated rings. The van der Waals surface area contributed by atoms with Crippen molar-refractivity contribution in [2.24, 2.45) is 0 Å². The fraction of sp³-hybridized carbons (Fsp3) is 0.211. The zero-order valence-corrected chi connectivity index (χ0v) is 15.8. The lowest BCUT2D eigenvalue weighted by Crippen LogP contribution is -2.04. The number of carbonyl (C=O) groups is 1. The van der Waals surface area contributed by atoms with Crippen LogP contribution >= 0.6 is 23.5 Å². The second-order valence-corrected chi connectivity index (χ2v) is 6.86. The molecule has 3 rings (SSSR count). The van der Waals surface area contributed by atoms with E-state index in [1.54, 1.807) is 18.0 Å². The van der Waals surface area contributed by atoms with Crippen LogP contribution in [-0.4, -0.2) is 24.2 Å². The van der Waals surface area contributed by atoms with Crippen molar-refractivity contribution in [3.05, 3.63) is 59.3 Å². The van der Waals surface area contributed by atoms with Gasteiger partial charge in [-0.05, 0) is 43.1 Å². The number of carbonyl (C=O) groups excluding carboxylic acids is 1. The van der Waals surface area contributed by atoms with E-state index >= 15 is 0 Å². The summed E-state index contributed by atoms with van der Waals surface area (Å²) in [5.41, 5.74) is 3.50. The van der Waals surface area contributed by atoms with Crippen LogP contribution in [-0.2, 0) is 10.6 Å². The van der Waals surface area contributed by atoms with E-state index in [0.29, 0.717) is 17.2 Å². The lowest BCUT2D eigenvalue weighted by Gasteiger charge is -2.11. The summed E-state index contributed by atoms with van der Waals surface area (Å²) < 4.78 is 12.3. The number of alkyl halides is 1. The van der Waals surface area contributed by atoms with Gasteiger partial charge in [-0.25, -0.2) is 4.79 Å². The van der Waals surface area contributed by atoms with Gasteiger partial charge in [-0.2, -0.15) is 0 Å². The van der Waals surface area contributed by atoms with E-state index in [9.17, 15) is 4.79 Å². The molecule has 1 heterocycles. The molecule has 0 amide bonds. The predicted molar refractivity (Wildman–Crippen MR) is 102 cm³/mol. The van der Waals surface area contributed by atoms with Crippen molar-refractivity contribution >= 4 is 40.4 Å². The van der Waals surface area contributed by atoms with Crippen molar-refractivity contribution in [1.29, 1.82) is 0 Å². The molecule has 0 bridgehead atoms. The third kappa shape index (κ3) is 3.48. The molecule has 4 nitrogen and oxygen atoms in total. The standard InChI is InChI=1S/C19H18ClNO3S/c1-12-4-6-15(7-5-12)25-21-14(11-20)8-13-9-16(19(22)24-3)18(23-2)10-17(13)21/h4-10H,11H2,1-3H3. The predicted octanol–water partition coefficient (Wildman–Crippen LogP) is 5.04. The Balaban J connectivity index is 2.13. The van der Waals surface area contributed by atoms with Gasteiger partial charge in [0.05, 0.1) is 25.6 Å². The molecule has 0 atom stereocenters. The second-order valence-electron chi connectivity index (χ2n) is 5.57. The number of methoxy groups -OCH3 is 2. The van der Waals surface area contributed by atoms with E-state index in [1.165, 1.54) is 19.8 Å². The molecule has 0 aliphatic heterocycles. The lowest BCUT2D eigenvalue weighted by molar-refractivity contribution is 0.0597. The van der Waals surface area contributed by atoms with Crippen LogP contribution in [0.5, 0.6) is 5.75 Å². The molecule has 130 valence electrons. The number of hydrogen-bond acceptors (Lipinski definition) is 4. The van der Waals surface area contributed by atoms with Crippen molar-refractivity contribution in [1.82, 2.24) is 3.97 Å². The minimum Gasteiger partial charge on any atom is -0.496 e. The first kappa shape index (κ1) is 17.7. The van der Waals surface area contributed by atoms with E-state index in [1.807, 2.05) is 12.1 Å². The molecule has 6 heteroatoms. The van der Waals surface area contributed by atoms with E-state index in [4.69, 9.17) is 21.1 Å². The van der Waals surface area contributed by atoms with Crippen LogP contribution in [0, 0.1) is 6.92 Å². The number of hydrogen-bond donors (Lipinski definition) is 0. The number of nitrogens with zero attached hydrogens (tertiary/aromatic N) is 1. The van der Waals surface area contributed by atoms with Gasteiger partial charge in [-0.15, -0.1) is 11.6 Å². The van der Waals surface area contributed by atoms with Gasteiger partial charge in [0.2, 0.25) is 0 Å². The second kappa shape index (κ2) is 7.42. The van der Waals surface area contributed by atoms with Crippen molar-refractivity contribution in [2.45, 2.75) is 17.7 Å². The maximum absolute atomic E-state index is 12.0. The Morgan fingerprint density at radius 3 is 2.48 bits per heavy atom. The lowest BCUT2D eigenvalue weighted by atomic mass is 10.1. The van der Waals surface area contributed by atoms with Crippen LogP contribution in [0.4, 0.5) is 0 Å². The summed E-state index contributed by atoms with van der Waals surface area (Å²) in [7, 11) is 2.89. The third-order valence-electron chi connectivity index (χ3n) is 3.91. The summed E-state index contributed by atoms with van der Waals surface area (Å²) in [6.07, 6.45) is 0. The van der Waals surface area contributed by atoms with Gasteiger partial charge in [0.15, 0.2) is 0 Å². The molecule has 0 saturated heterocycles. The van der Waals surface area contributed by atoms with Crippen molar-refractivity contribution < 1.29 is 14.3 Å². The molecule has 0 aliphatic rings. The summed E-state index contributed by atoms with van der Waals surface area (Å²) in [6.45, 7) is 2.06. The van der Waals surface area contributed by atoms with Gasteiger partial charge in [0.25, 0.3) is 0 Å². The van der Waals surface area contributed by atoms with Gasteiger partial charge in [0.1, 0.15) is 11.3 Å². The average Bonchev–Trinajstić information content (AvgIpc) is 2.98. The van der Waals surface area contributed by atoms with Gasteiger partial charge in [-0.1, -0.05) is 17.7 Å². The highest BCUT2D eigenvalue weighted by Gasteiger charge is 2.18. The fourth-order valence-electron chi connectivity index (χ4n) is 2.61. The van der Waals surface area contributed by atoms with E-state index in [0.717, 1.165) is 21.5 Å². The molecule has 2 aromatic carbocycles. The van der Waals surface area contributed by atoms with Gasteiger partial charge >= 0.3 is 5.97 Å². The van der Waals surface area contributed by atoms with Crippen LogP contribution in [0.2, 0.25) is 0 Å². The Hall–Kier alpha value is -2.11. The smallest absolute Gasteiger partial charge is 0.341 e. The molecular weight excluding hydrogens is 358 g/mol. The fourth-order valence-corrected chi connectivity index (χ4v) is 3.84. The monoisotopic (exact) mass is 375 g/mol. The summed E-state index contributed by atoms with van der Waals surface area (Å²) in [5, 5.41) is 0.913. The van der Waals surface area contributed by atoms with Crippen LogP contribution < -0.4 is 4.74 Å². The van der Waals surface area contributed by atoms with Crippen molar-refractivity contribution in [3.63, 3.8) is 0 Å². The molecule has 0 saturated carbocycles. The topological polar surface area (TPSA) is 40.5 Å². The molecule has 0 unspecified atom stereocenters. The Labute approximate surface area is 155 Å². The zero-order valence-electron chi connectivity index (χ0n) is 14.2. The van der Waals surface area contributed by atoms with Gasteiger partial charge in [-0.3, -0.25) is 3.97 Å². The molecule has 3 aromatic rings. The van der Waals surface area contributed by atoms with Crippen molar-refractivity contribution in [3.8, 4) is 5.75 Å². The highest BCUT2D eigenvalue weighted by molar-refractivity contribution is 7.98. The number of aromatic nitrogens is 1. The maximum Gasteiger partial charge on any atom is 0.341 e. The Bertz CT molecular complexity index is 919. The molecule has 0 aliphatic carbocycles.